The minimum Gasteiger partial charge on any atom is -0.398 e. The van der Waals surface area contributed by atoms with Crippen molar-refractivity contribution in [3.05, 3.63) is 23.8 Å². The molecule has 0 fully saturated rings. The fraction of sp³-hybridized carbons (Fsp3) is 0.500. The second-order valence-electron chi connectivity index (χ2n) is 4.28. The van der Waals surface area contributed by atoms with Gasteiger partial charge in [-0.1, -0.05) is 6.07 Å². The molecule has 0 bridgehead atoms. The van der Waals surface area contributed by atoms with Crippen molar-refractivity contribution in [2.45, 2.75) is 19.8 Å². The molecular formula is C14H22N2O3. The molecule has 5 nitrogen and oxygen atoms in total. The number of hydrogen-bond acceptors (Lipinski definition) is 4. The highest BCUT2D eigenvalue weighted by atomic mass is 16.5. The first-order chi connectivity index (χ1) is 9.15. The van der Waals surface area contributed by atoms with Crippen molar-refractivity contribution in [3.63, 3.8) is 0 Å². The summed E-state index contributed by atoms with van der Waals surface area (Å²) in [4.78, 5) is 11.7. The van der Waals surface area contributed by atoms with Crippen molar-refractivity contribution in [2.75, 3.05) is 38.0 Å². The molecule has 0 aliphatic rings. The van der Waals surface area contributed by atoms with Gasteiger partial charge < -0.3 is 20.5 Å². The third-order valence-electron chi connectivity index (χ3n) is 2.77. The summed E-state index contributed by atoms with van der Waals surface area (Å²) in [6.07, 6.45) is 1.12. The fourth-order valence-electron chi connectivity index (χ4n) is 1.58. The summed E-state index contributed by atoms with van der Waals surface area (Å²) in [6, 6.07) is 5.49. The predicted octanol–water partition coefficient (Wildman–Crippen LogP) is 1.96. The van der Waals surface area contributed by atoms with E-state index in [0.29, 0.717) is 38.3 Å². The number of methoxy groups -OCH3 is 1. The Bertz CT molecular complexity index is 408. The van der Waals surface area contributed by atoms with Crippen molar-refractivity contribution < 1.29 is 14.3 Å². The van der Waals surface area contributed by atoms with E-state index in [2.05, 4.69) is 5.32 Å². The van der Waals surface area contributed by atoms with Crippen LogP contribution in [0.1, 0.15) is 18.4 Å². The average Bonchev–Trinajstić information content (AvgIpc) is 2.39. The molecule has 5 heteroatoms. The van der Waals surface area contributed by atoms with Crippen LogP contribution in [-0.2, 0) is 14.3 Å². The van der Waals surface area contributed by atoms with Gasteiger partial charge in [0.25, 0.3) is 0 Å². The number of ether oxygens (including phenoxy) is 2. The number of benzene rings is 1. The molecule has 0 aliphatic carbocycles. The molecule has 106 valence electrons. The highest BCUT2D eigenvalue weighted by Crippen LogP contribution is 2.20. The van der Waals surface area contributed by atoms with Gasteiger partial charge >= 0.3 is 0 Å². The molecule has 0 radical (unpaired) electrons. The van der Waals surface area contributed by atoms with Gasteiger partial charge in [-0.15, -0.1) is 0 Å². The average molecular weight is 266 g/mol. The van der Waals surface area contributed by atoms with Crippen molar-refractivity contribution in [1.29, 1.82) is 0 Å². The van der Waals surface area contributed by atoms with E-state index in [0.717, 1.165) is 11.3 Å². The number of nitrogens with two attached hydrogens (primary N) is 1. The number of carbonyl (C=O) groups excluding carboxylic acids is 1. The van der Waals surface area contributed by atoms with Crippen LogP contribution < -0.4 is 11.1 Å². The SMILES string of the molecule is COCCOCCCC(=O)Nc1cccc(N)c1C. The molecule has 1 aromatic rings. The zero-order valence-electron chi connectivity index (χ0n) is 11.6. The first kappa shape index (κ1) is 15.5. The Morgan fingerprint density at radius 3 is 2.84 bits per heavy atom. The van der Waals surface area contributed by atoms with Crippen LogP contribution in [0.15, 0.2) is 18.2 Å². The van der Waals surface area contributed by atoms with Crippen LogP contribution in [0.2, 0.25) is 0 Å². The van der Waals surface area contributed by atoms with Crippen LogP contribution in [0.3, 0.4) is 0 Å². The summed E-state index contributed by atoms with van der Waals surface area (Å²) in [5.74, 6) is -0.0240. The Balaban J connectivity index is 2.26. The Morgan fingerprint density at radius 2 is 2.11 bits per heavy atom. The Kier molecular flexibility index (Phi) is 6.92. The molecular weight excluding hydrogens is 244 g/mol. The van der Waals surface area contributed by atoms with Gasteiger partial charge in [0.1, 0.15) is 0 Å². The molecule has 19 heavy (non-hydrogen) atoms. The molecule has 1 aromatic carbocycles. The van der Waals surface area contributed by atoms with Crippen LogP contribution in [-0.4, -0.2) is 32.8 Å². The zero-order chi connectivity index (χ0) is 14.1. The number of amides is 1. The number of nitrogens with one attached hydrogen (secondary N) is 1. The molecule has 0 aromatic heterocycles. The summed E-state index contributed by atoms with van der Waals surface area (Å²) in [5, 5.41) is 2.85. The van der Waals surface area contributed by atoms with Crippen LogP contribution in [0, 0.1) is 6.92 Å². The van der Waals surface area contributed by atoms with Crippen molar-refractivity contribution >= 4 is 17.3 Å². The smallest absolute Gasteiger partial charge is 0.224 e. The van der Waals surface area contributed by atoms with Gasteiger partial charge in [0, 0.05) is 31.5 Å². The quantitative estimate of drug-likeness (QED) is 0.557. The van der Waals surface area contributed by atoms with Gasteiger partial charge in [-0.05, 0) is 31.0 Å². The monoisotopic (exact) mass is 266 g/mol. The van der Waals surface area contributed by atoms with E-state index in [-0.39, 0.29) is 5.91 Å². The fourth-order valence-corrected chi connectivity index (χ4v) is 1.58. The molecule has 0 saturated carbocycles. The van der Waals surface area contributed by atoms with Crippen LogP contribution in [0.25, 0.3) is 0 Å². The minimum atomic E-state index is -0.0240. The predicted molar refractivity (Wildman–Crippen MR) is 76.2 cm³/mol. The molecule has 0 saturated heterocycles. The summed E-state index contributed by atoms with van der Waals surface area (Å²) in [6.45, 7) is 3.59. The lowest BCUT2D eigenvalue weighted by molar-refractivity contribution is -0.116. The van der Waals surface area contributed by atoms with Gasteiger partial charge in [-0.25, -0.2) is 0 Å². The standard InChI is InChI=1S/C14H22N2O3/c1-11-12(15)5-3-6-13(11)16-14(17)7-4-8-19-10-9-18-2/h3,5-6H,4,7-10,15H2,1-2H3,(H,16,17). The van der Waals surface area contributed by atoms with E-state index in [1.165, 1.54) is 0 Å². The molecule has 3 N–H and O–H groups in total. The van der Waals surface area contributed by atoms with Gasteiger partial charge in [0.15, 0.2) is 0 Å². The zero-order valence-corrected chi connectivity index (χ0v) is 11.6. The molecule has 0 unspecified atom stereocenters. The number of hydrogen-bond donors (Lipinski definition) is 2. The first-order valence-corrected chi connectivity index (χ1v) is 6.36. The minimum absolute atomic E-state index is 0.0240. The molecule has 0 atom stereocenters. The number of nitrogen functional groups attached to an aromatic ring is 1. The summed E-state index contributed by atoms with van der Waals surface area (Å²) >= 11 is 0. The number of rotatable bonds is 8. The first-order valence-electron chi connectivity index (χ1n) is 6.36. The summed E-state index contributed by atoms with van der Waals surface area (Å²) in [7, 11) is 1.63. The molecule has 0 aliphatic heterocycles. The van der Waals surface area contributed by atoms with Crippen molar-refractivity contribution in [3.8, 4) is 0 Å². The van der Waals surface area contributed by atoms with E-state index in [4.69, 9.17) is 15.2 Å². The maximum Gasteiger partial charge on any atom is 0.224 e. The van der Waals surface area contributed by atoms with Crippen LogP contribution in [0.5, 0.6) is 0 Å². The van der Waals surface area contributed by atoms with Gasteiger partial charge in [-0.2, -0.15) is 0 Å². The lowest BCUT2D eigenvalue weighted by Crippen LogP contribution is -2.14. The van der Waals surface area contributed by atoms with Gasteiger partial charge in [0.05, 0.1) is 13.2 Å². The largest absolute Gasteiger partial charge is 0.398 e. The molecule has 1 amide bonds. The number of carbonyl (C=O) groups is 1. The third-order valence-corrected chi connectivity index (χ3v) is 2.77. The van der Waals surface area contributed by atoms with Gasteiger partial charge in [0.2, 0.25) is 5.91 Å². The highest BCUT2D eigenvalue weighted by Gasteiger charge is 2.06. The van der Waals surface area contributed by atoms with E-state index >= 15 is 0 Å². The molecule has 0 heterocycles. The second-order valence-corrected chi connectivity index (χ2v) is 4.28. The van der Waals surface area contributed by atoms with Crippen molar-refractivity contribution in [2.24, 2.45) is 0 Å². The normalized spacial score (nSPS) is 10.4. The number of anilines is 2. The van der Waals surface area contributed by atoms with Gasteiger partial charge in [-0.3, -0.25) is 4.79 Å². The summed E-state index contributed by atoms with van der Waals surface area (Å²) < 4.78 is 10.1. The Labute approximate surface area is 114 Å². The van der Waals surface area contributed by atoms with E-state index in [9.17, 15) is 4.79 Å². The van der Waals surface area contributed by atoms with Crippen LogP contribution in [0.4, 0.5) is 11.4 Å². The molecule has 0 spiro atoms. The van der Waals surface area contributed by atoms with Crippen LogP contribution >= 0.6 is 0 Å². The Morgan fingerprint density at radius 1 is 1.32 bits per heavy atom. The highest BCUT2D eigenvalue weighted by molar-refractivity contribution is 5.92. The maximum absolute atomic E-state index is 11.7. The van der Waals surface area contributed by atoms with E-state index in [1.807, 2.05) is 25.1 Å². The van der Waals surface area contributed by atoms with E-state index in [1.54, 1.807) is 7.11 Å². The maximum atomic E-state index is 11.7. The lowest BCUT2D eigenvalue weighted by Gasteiger charge is -2.10. The van der Waals surface area contributed by atoms with Crippen molar-refractivity contribution in [1.82, 2.24) is 0 Å². The Hall–Kier alpha value is -1.59. The topological polar surface area (TPSA) is 73.6 Å². The summed E-state index contributed by atoms with van der Waals surface area (Å²) in [5.41, 5.74) is 8.13. The molecule has 1 rings (SSSR count). The lowest BCUT2D eigenvalue weighted by atomic mass is 10.1. The third kappa shape index (κ3) is 5.72. The second kappa shape index (κ2) is 8.50. The van der Waals surface area contributed by atoms with E-state index < -0.39 is 0 Å².